The zero-order chi connectivity index (χ0) is 21.6. The Labute approximate surface area is 182 Å². The summed E-state index contributed by atoms with van der Waals surface area (Å²) in [5, 5.41) is 4.04. The molecule has 1 unspecified atom stereocenters. The van der Waals surface area contributed by atoms with Gasteiger partial charge in [0.05, 0.1) is 18.7 Å². The maximum atomic E-state index is 13.3. The Kier molecular flexibility index (Phi) is 6.65. The number of carbonyl (C=O) groups excluding carboxylic acids is 2. The molecule has 0 radical (unpaired) electrons. The van der Waals surface area contributed by atoms with Crippen molar-refractivity contribution in [1.29, 1.82) is 0 Å². The van der Waals surface area contributed by atoms with Crippen molar-refractivity contribution in [3.8, 4) is 11.1 Å². The molecule has 1 amide bonds. The van der Waals surface area contributed by atoms with Crippen LogP contribution in [0.5, 0.6) is 0 Å². The van der Waals surface area contributed by atoms with Crippen LogP contribution < -0.4 is 0 Å². The minimum atomic E-state index is -0.274. The summed E-state index contributed by atoms with van der Waals surface area (Å²) in [4.78, 5) is 32.4. The van der Waals surface area contributed by atoms with Gasteiger partial charge in [0.15, 0.2) is 0 Å². The van der Waals surface area contributed by atoms with Crippen molar-refractivity contribution >= 4 is 17.6 Å². The fourth-order valence-electron chi connectivity index (χ4n) is 4.42. The van der Waals surface area contributed by atoms with Crippen molar-refractivity contribution in [3.63, 3.8) is 0 Å². The number of carbonyl (C=O) groups is 2. The zero-order valence-corrected chi connectivity index (χ0v) is 17.8. The van der Waals surface area contributed by atoms with Crippen LogP contribution in [-0.4, -0.2) is 48.3 Å². The van der Waals surface area contributed by atoms with Crippen molar-refractivity contribution < 1.29 is 19.2 Å². The van der Waals surface area contributed by atoms with E-state index in [1.54, 1.807) is 4.90 Å². The van der Waals surface area contributed by atoms with Gasteiger partial charge in [-0.15, -0.1) is 0 Å². The highest BCUT2D eigenvalue weighted by atomic mass is 16.6. The van der Waals surface area contributed by atoms with E-state index in [1.807, 2.05) is 54.6 Å². The molecule has 4 rings (SSSR count). The van der Waals surface area contributed by atoms with Crippen molar-refractivity contribution in [2.45, 2.75) is 50.7 Å². The third-order valence-electron chi connectivity index (χ3n) is 5.99. The van der Waals surface area contributed by atoms with Gasteiger partial charge in [-0.1, -0.05) is 47.6 Å². The lowest BCUT2D eigenvalue weighted by atomic mass is 10.0. The molecule has 1 saturated heterocycles. The molecule has 6 heteroatoms. The molecule has 2 aromatic carbocycles. The van der Waals surface area contributed by atoms with Crippen molar-refractivity contribution in [3.05, 3.63) is 60.2 Å². The van der Waals surface area contributed by atoms with Gasteiger partial charge < -0.3 is 14.5 Å². The highest BCUT2D eigenvalue weighted by Gasteiger charge is 2.36. The quantitative estimate of drug-likeness (QED) is 0.512. The summed E-state index contributed by atoms with van der Waals surface area (Å²) >= 11 is 0. The van der Waals surface area contributed by atoms with Crippen LogP contribution >= 0.6 is 0 Å². The van der Waals surface area contributed by atoms with E-state index >= 15 is 0 Å². The van der Waals surface area contributed by atoms with E-state index < -0.39 is 0 Å². The van der Waals surface area contributed by atoms with E-state index in [1.165, 1.54) is 7.11 Å². The molecule has 1 saturated carbocycles. The molecular weight excluding hydrogens is 392 g/mol. The number of likely N-dealkylation sites (tertiary alicyclic amines) is 1. The summed E-state index contributed by atoms with van der Waals surface area (Å²) < 4.78 is 5.62. The van der Waals surface area contributed by atoms with Gasteiger partial charge in [-0.3, -0.25) is 9.59 Å². The number of hydrogen-bond acceptors (Lipinski definition) is 5. The Bertz CT molecular complexity index is 934. The summed E-state index contributed by atoms with van der Waals surface area (Å²) in [7, 11) is 1.49. The fraction of sp³-hybridized carbons (Fsp3) is 0.400. The number of ether oxygens (including phenoxy) is 1. The lowest BCUT2D eigenvalue weighted by Gasteiger charge is -2.24. The Morgan fingerprint density at radius 1 is 1.00 bits per heavy atom. The van der Waals surface area contributed by atoms with E-state index in [2.05, 4.69) is 5.16 Å². The van der Waals surface area contributed by atoms with Gasteiger partial charge in [0.1, 0.15) is 13.2 Å². The summed E-state index contributed by atoms with van der Waals surface area (Å²) in [6.07, 6.45) is 4.79. The van der Waals surface area contributed by atoms with Gasteiger partial charge in [0, 0.05) is 18.0 Å². The van der Waals surface area contributed by atoms with Gasteiger partial charge in [-0.05, 0) is 48.9 Å². The first-order valence-corrected chi connectivity index (χ1v) is 10.9. The minimum Gasteiger partial charge on any atom is -0.462 e. The molecule has 0 spiro atoms. The number of hydrogen-bond donors (Lipinski definition) is 0. The smallest absolute Gasteiger partial charge is 0.308 e. The first kappa shape index (κ1) is 21.1. The number of rotatable bonds is 6. The average Bonchev–Trinajstić information content (AvgIpc) is 3.44. The third kappa shape index (κ3) is 5.13. The number of oxime groups is 1. The average molecular weight is 421 g/mol. The van der Waals surface area contributed by atoms with E-state index in [0.717, 1.165) is 42.5 Å². The molecule has 1 aliphatic carbocycles. The van der Waals surface area contributed by atoms with Crippen LogP contribution in [0.15, 0.2) is 59.8 Å². The molecule has 31 heavy (non-hydrogen) atoms. The number of amides is 1. The molecule has 1 atom stereocenters. The highest BCUT2D eigenvalue weighted by Crippen LogP contribution is 2.26. The lowest BCUT2D eigenvalue weighted by molar-refractivity contribution is -0.149. The predicted molar refractivity (Wildman–Crippen MR) is 119 cm³/mol. The van der Waals surface area contributed by atoms with Gasteiger partial charge in [0.25, 0.3) is 5.91 Å². The second-order valence-electron chi connectivity index (χ2n) is 8.17. The topological polar surface area (TPSA) is 68.2 Å². The minimum absolute atomic E-state index is 0.0238. The molecule has 162 valence electrons. The fourth-order valence-corrected chi connectivity index (χ4v) is 4.42. The first-order chi connectivity index (χ1) is 15.1. The number of benzene rings is 2. The third-order valence-corrected chi connectivity index (χ3v) is 5.99. The molecule has 1 aliphatic heterocycles. The maximum Gasteiger partial charge on any atom is 0.308 e. The molecule has 0 bridgehead atoms. The Morgan fingerprint density at radius 2 is 1.68 bits per heavy atom. The monoisotopic (exact) mass is 420 g/mol. The highest BCUT2D eigenvalue weighted by molar-refractivity contribution is 6.01. The van der Waals surface area contributed by atoms with E-state index in [4.69, 9.17) is 9.57 Å². The summed E-state index contributed by atoms with van der Waals surface area (Å²) in [5.74, 6) is -0.354. The van der Waals surface area contributed by atoms with Crippen LogP contribution in [0.25, 0.3) is 11.1 Å². The molecule has 0 N–H and O–H groups in total. The second-order valence-corrected chi connectivity index (χ2v) is 8.17. The first-order valence-electron chi connectivity index (χ1n) is 10.9. The van der Waals surface area contributed by atoms with Gasteiger partial charge in [-0.25, -0.2) is 0 Å². The van der Waals surface area contributed by atoms with E-state index in [-0.39, 0.29) is 30.4 Å². The predicted octanol–water partition coefficient (Wildman–Crippen LogP) is 4.45. The standard InChI is InChI=1S/C25H28N2O4/c1-30-26-21-15-22(16-24(28)31-23-9-5-6-10-23)27(17-21)25(29)20-13-11-19(12-14-20)18-7-3-2-4-8-18/h2-4,7-8,11-14,22-23H,5-6,9-10,15-17H2,1H3/b26-21+. The molecule has 2 fully saturated rings. The summed E-state index contributed by atoms with van der Waals surface area (Å²) in [6, 6.07) is 17.3. The van der Waals surface area contributed by atoms with Crippen LogP contribution in [0.1, 0.15) is 48.9 Å². The summed E-state index contributed by atoms with van der Waals surface area (Å²) in [5.41, 5.74) is 3.50. The van der Waals surface area contributed by atoms with Crippen LogP contribution in [0.4, 0.5) is 0 Å². The van der Waals surface area contributed by atoms with E-state index in [0.29, 0.717) is 18.5 Å². The molecule has 2 aliphatic rings. The Balaban J connectivity index is 1.47. The molecule has 6 nitrogen and oxygen atoms in total. The van der Waals surface area contributed by atoms with Gasteiger partial charge >= 0.3 is 5.97 Å². The number of nitrogens with zero attached hydrogens (tertiary/aromatic N) is 2. The van der Waals surface area contributed by atoms with E-state index in [9.17, 15) is 9.59 Å². The van der Waals surface area contributed by atoms with Gasteiger partial charge in [0.2, 0.25) is 0 Å². The van der Waals surface area contributed by atoms with Crippen LogP contribution in [0, 0.1) is 0 Å². The zero-order valence-electron chi connectivity index (χ0n) is 17.8. The molecule has 2 aromatic rings. The largest absolute Gasteiger partial charge is 0.462 e. The molecule has 1 heterocycles. The van der Waals surface area contributed by atoms with Crippen molar-refractivity contribution in [2.75, 3.05) is 13.7 Å². The Morgan fingerprint density at radius 3 is 2.35 bits per heavy atom. The SMILES string of the molecule is CO/N=C1\CC(CC(=O)OC2CCCC2)N(C(=O)c2ccc(-c3ccccc3)cc2)C1. The second kappa shape index (κ2) is 9.77. The van der Waals surface area contributed by atoms with Crippen LogP contribution in [0.3, 0.4) is 0 Å². The summed E-state index contributed by atoms with van der Waals surface area (Å²) in [6.45, 7) is 0.356. The number of esters is 1. The van der Waals surface area contributed by atoms with Crippen molar-refractivity contribution in [2.24, 2.45) is 5.16 Å². The maximum absolute atomic E-state index is 13.3. The lowest BCUT2D eigenvalue weighted by Crippen LogP contribution is -2.37. The molecule has 0 aromatic heterocycles. The van der Waals surface area contributed by atoms with Crippen LogP contribution in [-0.2, 0) is 14.4 Å². The normalized spacial score (nSPS) is 20.2. The molecular formula is C25H28N2O4. The van der Waals surface area contributed by atoms with Crippen LogP contribution in [0.2, 0.25) is 0 Å². The van der Waals surface area contributed by atoms with Gasteiger partial charge in [-0.2, -0.15) is 0 Å². The van der Waals surface area contributed by atoms with Crippen molar-refractivity contribution in [1.82, 2.24) is 4.90 Å². The Hall–Kier alpha value is -3.15.